The second-order valence-corrected chi connectivity index (χ2v) is 16.7. The van der Waals surface area contributed by atoms with Crippen molar-refractivity contribution in [2.24, 2.45) is 10.4 Å². The number of aryl methyl sites for hydroxylation is 2. The van der Waals surface area contributed by atoms with E-state index in [1.807, 2.05) is 13.0 Å². The average molecular weight is 749 g/mol. The third-order valence-electron chi connectivity index (χ3n) is 11.9. The number of aromatic hydroxyl groups is 1. The van der Waals surface area contributed by atoms with Crippen molar-refractivity contribution in [3.8, 4) is 50.8 Å². The van der Waals surface area contributed by atoms with Crippen LogP contribution < -0.4 is 9.64 Å². The van der Waals surface area contributed by atoms with Gasteiger partial charge in [0, 0.05) is 34.3 Å². The van der Waals surface area contributed by atoms with Gasteiger partial charge in [-0.1, -0.05) is 119 Å². The van der Waals surface area contributed by atoms with E-state index in [0.29, 0.717) is 22.8 Å². The Balaban J connectivity index is 1.27. The second-order valence-electron chi connectivity index (χ2n) is 16.7. The molecule has 1 N–H and O–H groups in total. The van der Waals surface area contributed by atoms with E-state index in [9.17, 15) is 5.11 Å². The van der Waals surface area contributed by atoms with Crippen LogP contribution in [0.15, 0.2) is 139 Å². The molecule has 0 bridgehead atoms. The third-order valence-corrected chi connectivity index (χ3v) is 11.9. The predicted molar refractivity (Wildman–Crippen MR) is 234 cm³/mol. The lowest BCUT2D eigenvalue weighted by Crippen LogP contribution is -2.46. The first-order valence-electron chi connectivity index (χ1n) is 20.1. The molecule has 5 aromatic carbocycles. The van der Waals surface area contributed by atoms with Crippen LogP contribution in [0, 0.1) is 19.3 Å². The van der Waals surface area contributed by atoms with E-state index in [1.54, 1.807) is 13.1 Å². The van der Waals surface area contributed by atoms with Gasteiger partial charge in [-0.3, -0.25) is 9.98 Å². The number of hydrogen-bond acceptors (Lipinski definition) is 6. The number of ether oxygens (including phenoxy) is 1. The number of anilines is 1. The van der Waals surface area contributed by atoms with Gasteiger partial charge in [-0.25, -0.2) is 4.98 Å². The molecular formula is C51H48N4O2. The molecule has 0 amide bonds. The Labute approximate surface area is 335 Å². The smallest absolute Gasteiger partial charge is 0.220 e. The van der Waals surface area contributed by atoms with Gasteiger partial charge in [-0.15, -0.1) is 0 Å². The van der Waals surface area contributed by atoms with E-state index in [0.717, 1.165) is 57.6 Å². The maximum absolute atomic E-state index is 10.9. The molecule has 0 saturated heterocycles. The summed E-state index contributed by atoms with van der Waals surface area (Å²) in [5, 5.41) is 11.7. The van der Waals surface area contributed by atoms with Gasteiger partial charge in [0.2, 0.25) is 5.88 Å². The fourth-order valence-electron chi connectivity index (χ4n) is 8.89. The van der Waals surface area contributed by atoms with Crippen LogP contribution in [0.5, 0.6) is 17.4 Å². The minimum Gasteiger partial charge on any atom is -0.504 e. The molecule has 2 aromatic heterocycles. The zero-order chi connectivity index (χ0) is 39.4. The van der Waals surface area contributed by atoms with E-state index >= 15 is 0 Å². The third kappa shape index (κ3) is 6.63. The highest BCUT2D eigenvalue weighted by Gasteiger charge is 2.51. The predicted octanol–water partition coefficient (Wildman–Crippen LogP) is 12.7. The van der Waals surface area contributed by atoms with Crippen molar-refractivity contribution in [2.75, 3.05) is 4.90 Å². The minimum absolute atomic E-state index is 0.00749. The van der Waals surface area contributed by atoms with Crippen molar-refractivity contribution >= 4 is 22.4 Å². The molecule has 1 aliphatic heterocycles. The van der Waals surface area contributed by atoms with E-state index in [2.05, 4.69) is 159 Å². The van der Waals surface area contributed by atoms with Crippen LogP contribution in [-0.2, 0) is 0 Å². The number of fused-ring (bicyclic) bond motifs is 2. The van der Waals surface area contributed by atoms with Crippen LogP contribution in [0.25, 0.3) is 44.3 Å². The molecule has 9 rings (SSSR count). The molecule has 284 valence electrons. The number of aromatic nitrogens is 2. The van der Waals surface area contributed by atoms with Crippen LogP contribution in [0.1, 0.15) is 68.8 Å². The summed E-state index contributed by atoms with van der Waals surface area (Å²) in [6.45, 7) is 13.0. The van der Waals surface area contributed by atoms with Gasteiger partial charge in [0.1, 0.15) is 17.1 Å². The summed E-state index contributed by atoms with van der Waals surface area (Å²) >= 11 is 0. The molecule has 6 nitrogen and oxygen atoms in total. The summed E-state index contributed by atoms with van der Waals surface area (Å²) in [6.07, 6.45) is 3.87. The Morgan fingerprint density at radius 2 is 1.35 bits per heavy atom. The molecule has 6 heteroatoms. The first kappa shape index (κ1) is 36.4. The van der Waals surface area contributed by atoms with Crippen molar-refractivity contribution in [1.82, 2.24) is 9.97 Å². The fraction of sp³-hybridized carbons (Fsp3) is 0.235. The Morgan fingerprint density at radius 3 is 1.96 bits per heavy atom. The largest absolute Gasteiger partial charge is 0.504 e. The Hall–Kier alpha value is -6.27. The number of rotatable bonds is 8. The molecule has 57 heavy (non-hydrogen) atoms. The minimum atomic E-state index is -0.00749. The first-order chi connectivity index (χ1) is 27.6. The zero-order valence-corrected chi connectivity index (χ0v) is 33.5. The molecule has 0 radical (unpaired) electrons. The van der Waals surface area contributed by atoms with Crippen LogP contribution in [0.2, 0.25) is 0 Å². The number of nitrogens with zero attached hydrogens (tertiary/aromatic N) is 4. The molecule has 0 unspecified atom stereocenters. The maximum Gasteiger partial charge on any atom is 0.220 e. The molecule has 0 spiro atoms. The second kappa shape index (κ2) is 14.3. The summed E-state index contributed by atoms with van der Waals surface area (Å²) < 4.78 is 6.66. The number of aliphatic imine (C=N–C) groups is 1. The van der Waals surface area contributed by atoms with Gasteiger partial charge < -0.3 is 14.7 Å². The number of amidine groups is 1. The van der Waals surface area contributed by atoms with Crippen LogP contribution in [0.3, 0.4) is 0 Å². The number of pyridine rings is 2. The molecule has 1 aliphatic carbocycles. The summed E-state index contributed by atoms with van der Waals surface area (Å²) in [4.78, 5) is 17.4. The summed E-state index contributed by atoms with van der Waals surface area (Å²) in [5.74, 6) is 2.36. The Morgan fingerprint density at radius 1 is 0.737 bits per heavy atom. The summed E-state index contributed by atoms with van der Waals surface area (Å²) in [7, 11) is 0. The van der Waals surface area contributed by atoms with E-state index in [1.165, 1.54) is 22.3 Å². The van der Waals surface area contributed by atoms with E-state index < -0.39 is 0 Å². The lowest BCUT2D eigenvalue weighted by atomic mass is 9.83. The first-order valence-corrected chi connectivity index (χ1v) is 20.1. The Kier molecular flexibility index (Phi) is 9.15. The van der Waals surface area contributed by atoms with Crippen molar-refractivity contribution in [1.29, 1.82) is 0 Å². The lowest BCUT2D eigenvalue weighted by Gasteiger charge is -2.39. The molecule has 3 heterocycles. The lowest BCUT2D eigenvalue weighted by molar-refractivity contribution is 0.331. The molecule has 2 atom stereocenters. The zero-order valence-electron chi connectivity index (χ0n) is 33.5. The fourth-order valence-corrected chi connectivity index (χ4v) is 8.89. The SMILES string of the molecule is Cc1ncc2c(C)cc(Oc3cc(C4=N[C@H]5CCC(C)(C)[C@@H]5N4c4c(-c5ccccc5)cc(-c5ccccc5)cc4-c4ccccc4)cc(C(C)C)c3)nc2c1O. The van der Waals surface area contributed by atoms with E-state index in [4.69, 9.17) is 14.7 Å². The maximum atomic E-state index is 10.9. The number of benzene rings is 5. The van der Waals surface area contributed by atoms with Gasteiger partial charge in [0.05, 0.1) is 23.5 Å². The quantitative estimate of drug-likeness (QED) is 0.168. The van der Waals surface area contributed by atoms with Gasteiger partial charge >= 0.3 is 0 Å². The van der Waals surface area contributed by atoms with Gasteiger partial charge in [0.15, 0.2) is 5.75 Å². The van der Waals surface area contributed by atoms with Gasteiger partial charge in [0.25, 0.3) is 0 Å². The van der Waals surface area contributed by atoms with Crippen LogP contribution in [0.4, 0.5) is 5.69 Å². The number of hydrogen-bond donors (Lipinski definition) is 1. The van der Waals surface area contributed by atoms with Crippen molar-refractivity contribution in [2.45, 2.75) is 72.4 Å². The summed E-state index contributed by atoms with van der Waals surface area (Å²) in [5.41, 5.74) is 12.3. The van der Waals surface area contributed by atoms with Crippen LogP contribution >= 0.6 is 0 Å². The van der Waals surface area contributed by atoms with Crippen molar-refractivity contribution in [3.63, 3.8) is 0 Å². The molecule has 1 saturated carbocycles. The highest BCUT2D eigenvalue weighted by atomic mass is 16.5. The standard InChI is InChI=1S/C51H48N4O2/c1-31(2)37-25-39(27-40(26-37)57-45-24-32(3)43-30-52-33(4)48(56)46(43)54-45)50-53-44-22-23-51(5,6)49(44)55(50)47-41(35-18-12-8-13-19-35)28-38(34-16-10-7-11-17-34)29-42(47)36-20-14-9-15-21-36/h7-21,24-31,44,49,56H,22-23H2,1-6H3/t44-,49+/m0/s1. The molecule has 2 aliphatic rings. The Bertz CT molecular complexity index is 2590. The van der Waals surface area contributed by atoms with Crippen molar-refractivity contribution < 1.29 is 9.84 Å². The van der Waals surface area contributed by atoms with Crippen molar-refractivity contribution in [3.05, 3.63) is 156 Å². The molecule has 1 fully saturated rings. The topological polar surface area (TPSA) is 70.8 Å². The van der Waals surface area contributed by atoms with Gasteiger partial charge in [-0.05, 0) is 102 Å². The monoisotopic (exact) mass is 748 g/mol. The average Bonchev–Trinajstić information content (AvgIpc) is 3.76. The summed E-state index contributed by atoms with van der Waals surface area (Å²) in [6, 6.07) is 45.8. The van der Waals surface area contributed by atoms with Gasteiger partial charge in [-0.2, -0.15) is 0 Å². The van der Waals surface area contributed by atoms with E-state index in [-0.39, 0.29) is 29.2 Å². The normalized spacial score (nSPS) is 17.2. The molecular weight excluding hydrogens is 701 g/mol. The highest BCUT2D eigenvalue weighted by Crippen LogP contribution is 2.53. The van der Waals surface area contributed by atoms with Crippen LogP contribution in [-0.4, -0.2) is 33.0 Å². The highest BCUT2D eigenvalue weighted by molar-refractivity contribution is 6.16. The molecule has 7 aromatic rings.